The van der Waals surface area contributed by atoms with Crippen LogP contribution >= 0.6 is 11.6 Å². The van der Waals surface area contributed by atoms with Crippen molar-refractivity contribution in [3.63, 3.8) is 0 Å². The molecule has 0 heterocycles. The Balaban J connectivity index is 3.65. The fourth-order valence-corrected chi connectivity index (χ4v) is 0.813. The summed E-state index contributed by atoms with van der Waals surface area (Å²) >= 11 is 5.70. The van der Waals surface area contributed by atoms with Crippen molar-refractivity contribution >= 4 is 23.5 Å². The zero-order chi connectivity index (χ0) is 12.8. The van der Waals surface area contributed by atoms with Crippen molar-refractivity contribution in [2.24, 2.45) is 0 Å². The van der Waals surface area contributed by atoms with E-state index in [0.717, 1.165) is 5.57 Å². The predicted molar refractivity (Wildman–Crippen MR) is 61.3 cm³/mol. The van der Waals surface area contributed by atoms with E-state index in [4.69, 9.17) is 21.1 Å². The normalized spacial score (nSPS) is 10.8. The maximum atomic E-state index is 11.2. The molecule has 0 radical (unpaired) electrons. The number of esters is 2. The van der Waals surface area contributed by atoms with Gasteiger partial charge < -0.3 is 9.47 Å². The van der Waals surface area contributed by atoms with Gasteiger partial charge >= 0.3 is 11.9 Å². The average Bonchev–Trinajstić information content (AvgIpc) is 2.09. The molecule has 0 rings (SSSR count). The highest BCUT2D eigenvalue weighted by atomic mass is 35.5. The van der Waals surface area contributed by atoms with E-state index >= 15 is 0 Å². The summed E-state index contributed by atoms with van der Waals surface area (Å²) < 4.78 is 9.59. The molecule has 92 valence electrons. The van der Waals surface area contributed by atoms with Gasteiger partial charge in [0.15, 0.2) is 0 Å². The van der Waals surface area contributed by atoms with Gasteiger partial charge in [-0.1, -0.05) is 12.2 Å². The SMILES string of the molecule is C=C(C)CC(=O)OCCOC(=O)C(C)(C)Cl. The van der Waals surface area contributed by atoms with Gasteiger partial charge in [-0.15, -0.1) is 11.6 Å². The van der Waals surface area contributed by atoms with Gasteiger partial charge in [0.05, 0.1) is 6.42 Å². The Morgan fingerprint density at radius 1 is 1.25 bits per heavy atom. The molecule has 5 heteroatoms. The van der Waals surface area contributed by atoms with Gasteiger partial charge in [0.2, 0.25) is 0 Å². The van der Waals surface area contributed by atoms with E-state index in [9.17, 15) is 9.59 Å². The number of ether oxygens (including phenoxy) is 2. The number of halogens is 1. The fourth-order valence-electron chi connectivity index (χ4n) is 0.759. The van der Waals surface area contributed by atoms with Crippen molar-refractivity contribution < 1.29 is 19.1 Å². The highest BCUT2D eigenvalue weighted by molar-refractivity contribution is 6.33. The summed E-state index contributed by atoms with van der Waals surface area (Å²) in [5.74, 6) is -0.918. The maximum absolute atomic E-state index is 11.2. The van der Waals surface area contributed by atoms with Crippen LogP contribution in [0.4, 0.5) is 0 Å². The van der Waals surface area contributed by atoms with Crippen molar-refractivity contribution in [1.82, 2.24) is 0 Å². The summed E-state index contributed by atoms with van der Waals surface area (Å²) in [6, 6.07) is 0. The Labute approximate surface area is 101 Å². The maximum Gasteiger partial charge on any atom is 0.326 e. The van der Waals surface area contributed by atoms with Crippen LogP contribution < -0.4 is 0 Å². The summed E-state index contributed by atoms with van der Waals surface area (Å²) in [6.45, 7) is 8.42. The van der Waals surface area contributed by atoms with E-state index < -0.39 is 10.8 Å². The first kappa shape index (κ1) is 15.0. The molecule has 16 heavy (non-hydrogen) atoms. The molecule has 0 aromatic heterocycles. The molecule has 0 aliphatic heterocycles. The van der Waals surface area contributed by atoms with E-state index in [1.165, 1.54) is 13.8 Å². The molecule has 0 aliphatic carbocycles. The van der Waals surface area contributed by atoms with Crippen LogP contribution in [0.5, 0.6) is 0 Å². The lowest BCUT2D eigenvalue weighted by atomic mass is 10.2. The number of hydrogen-bond donors (Lipinski definition) is 0. The highest BCUT2D eigenvalue weighted by Gasteiger charge is 2.25. The van der Waals surface area contributed by atoms with Crippen LogP contribution in [0.25, 0.3) is 0 Å². The molecule has 0 N–H and O–H groups in total. The molecule has 0 saturated heterocycles. The molecule has 0 unspecified atom stereocenters. The van der Waals surface area contributed by atoms with Gasteiger partial charge in [0.25, 0.3) is 0 Å². The first-order chi connectivity index (χ1) is 7.23. The third-order valence-electron chi connectivity index (χ3n) is 1.51. The second-order valence-electron chi connectivity index (χ2n) is 3.96. The van der Waals surface area contributed by atoms with E-state index in [1.807, 2.05) is 0 Å². The number of carbonyl (C=O) groups excluding carboxylic acids is 2. The quantitative estimate of drug-likeness (QED) is 0.312. The van der Waals surface area contributed by atoms with Gasteiger partial charge in [-0.05, 0) is 20.8 Å². The van der Waals surface area contributed by atoms with Crippen LogP contribution in [0.2, 0.25) is 0 Å². The summed E-state index contributed by atoms with van der Waals surface area (Å²) in [5.41, 5.74) is 0.726. The van der Waals surface area contributed by atoms with Crippen LogP contribution in [-0.4, -0.2) is 30.0 Å². The van der Waals surface area contributed by atoms with Gasteiger partial charge in [0.1, 0.15) is 18.1 Å². The summed E-state index contributed by atoms with van der Waals surface area (Å²) in [5, 5.41) is 0. The Hall–Kier alpha value is -1.03. The lowest BCUT2D eigenvalue weighted by molar-refractivity contribution is -0.153. The molecule has 0 saturated carbocycles. The molecular formula is C11H17ClO4. The Kier molecular flexibility index (Phi) is 6.11. The minimum Gasteiger partial charge on any atom is -0.462 e. The van der Waals surface area contributed by atoms with Crippen molar-refractivity contribution in [2.45, 2.75) is 32.1 Å². The van der Waals surface area contributed by atoms with Crippen molar-refractivity contribution in [2.75, 3.05) is 13.2 Å². The minimum atomic E-state index is -1.05. The molecule has 0 fully saturated rings. The zero-order valence-corrected chi connectivity index (χ0v) is 10.6. The molecule has 0 atom stereocenters. The highest BCUT2D eigenvalue weighted by Crippen LogP contribution is 2.14. The van der Waals surface area contributed by atoms with Gasteiger partial charge in [-0.2, -0.15) is 0 Å². The van der Waals surface area contributed by atoms with E-state index in [-0.39, 0.29) is 25.6 Å². The molecule has 0 bridgehead atoms. The van der Waals surface area contributed by atoms with Crippen molar-refractivity contribution in [3.05, 3.63) is 12.2 Å². The molecule has 4 nitrogen and oxygen atoms in total. The lowest BCUT2D eigenvalue weighted by Crippen LogP contribution is -2.28. The second kappa shape index (κ2) is 6.53. The standard InChI is InChI=1S/C11H17ClO4/c1-8(2)7-9(13)15-5-6-16-10(14)11(3,4)12/h1,5-7H2,2-4H3. The Morgan fingerprint density at radius 3 is 2.19 bits per heavy atom. The number of hydrogen-bond acceptors (Lipinski definition) is 4. The summed E-state index contributed by atoms with van der Waals surface area (Å²) in [7, 11) is 0. The largest absolute Gasteiger partial charge is 0.462 e. The van der Waals surface area contributed by atoms with Gasteiger partial charge in [0, 0.05) is 0 Å². The number of carbonyl (C=O) groups is 2. The minimum absolute atomic E-state index is 0.0108. The fraction of sp³-hybridized carbons (Fsp3) is 0.636. The van der Waals surface area contributed by atoms with Crippen molar-refractivity contribution in [3.8, 4) is 0 Å². The molecular weight excluding hydrogens is 232 g/mol. The Bertz CT molecular complexity index is 278. The smallest absolute Gasteiger partial charge is 0.326 e. The molecule has 0 aliphatic rings. The van der Waals surface area contributed by atoms with E-state index in [1.54, 1.807) is 6.92 Å². The van der Waals surface area contributed by atoms with E-state index in [2.05, 4.69) is 6.58 Å². The van der Waals surface area contributed by atoms with Crippen LogP contribution in [0.3, 0.4) is 0 Å². The average molecular weight is 249 g/mol. The third kappa shape index (κ3) is 7.29. The number of alkyl halides is 1. The lowest BCUT2D eigenvalue weighted by Gasteiger charge is -2.14. The van der Waals surface area contributed by atoms with E-state index in [0.29, 0.717) is 0 Å². The van der Waals surface area contributed by atoms with Crippen molar-refractivity contribution in [1.29, 1.82) is 0 Å². The zero-order valence-electron chi connectivity index (χ0n) is 9.84. The first-order valence-electron chi connectivity index (χ1n) is 4.89. The van der Waals surface area contributed by atoms with Crippen LogP contribution in [0, 0.1) is 0 Å². The van der Waals surface area contributed by atoms with Crippen LogP contribution in [0.1, 0.15) is 27.2 Å². The molecule has 0 aromatic rings. The van der Waals surface area contributed by atoms with Gasteiger partial charge in [-0.25, -0.2) is 0 Å². The van der Waals surface area contributed by atoms with Gasteiger partial charge in [-0.3, -0.25) is 9.59 Å². The summed E-state index contributed by atoms with van der Waals surface area (Å²) in [4.78, 5) is 21.2. The molecule has 0 aromatic carbocycles. The molecule has 0 spiro atoms. The first-order valence-corrected chi connectivity index (χ1v) is 5.27. The summed E-state index contributed by atoms with van der Waals surface area (Å²) in [6.07, 6.45) is 0.176. The predicted octanol–water partition coefficient (Wildman–Crippen LogP) is 2.06. The third-order valence-corrected chi connectivity index (χ3v) is 1.67. The number of rotatable bonds is 6. The van der Waals surface area contributed by atoms with Crippen LogP contribution in [0.15, 0.2) is 12.2 Å². The second-order valence-corrected chi connectivity index (χ2v) is 4.91. The monoisotopic (exact) mass is 248 g/mol. The topological polar surface area (TPSA) is 52.6 Å². The van der Waals surface area contributed by atoms with Crippen LogP contribution in [-0.2, 0) is 19.1 Å². The Morgan fingerprint density at radius 2 is 1.75 bits per heavy atom. The molecule has 0 amide bonds.